The molecule has 1 N–H and O–H groups in total. The van der Waals surface area contributed by atoms with Gasteiger partial charge in [0.25, 0.3) is 0 Å². The number of benzene rings is 1. The van der Waals surface area contributed by atoms with E-state index in [4.69, 9.17) is 9.84 Å². The smallest absolute Gasteiger partial charge is 0.335 e. The summed E-state index contributed by atoms with van der Waals surface area (Å²) >= 11 is 1.64. The number of nitrogens with zero attached hydrogens (tertiary/aromatic N) is 2. The van der Waals surface area contributed by atoms with E-state index < -0.39 is 5.97 Å². The molecule has 1 aromatic heterocycles. The van der Waals surface area contributed by atoms with Crippen LogP contribution in [0.1, 0.15) is 26.5 Å². The van der Waals surface area contributed by atoms with Gasteiger partial charge in [-0.2, -0.15) is 0 Å². The average Bonchev–Trinajstić information content (AvgIpc) is 2.90. The summed E-state index contributed by atoms with van der Waals surface area (Å²) < 4.78 is 5.17. The van der Waals surface area contributed by atoms with Gasteiger partial charge in [-0.3, -0.25) is 4.90 Å². The van der Waals surface area contributed by atoms with Crippen LogP contribution < -0.4 is 0 Å². The molecule has 0 spiro atoms. The molecule has 0 fully saturated rings. The van der Waals surface area contributed by atoms with E-state index in [9.17, 15) is 4.79 Å². The summed E-state index contributed by atoms with van der Waals surface area (Å²) in [5.74, 6) is -0.899. The van der Waals surface area contributed by atoms with Gasteiger partial charge < -0.3 is 9.84 Å². The highest BCUT2D eigenvalue weighted by Crippen LogP contribution is 2.17. The van der Waals surface area contributed by atoms with Gasteiger partial charge in [0.2, 0.25) is 0 Å². The minimum absolute atomic E-state index is 0.318. The van der Waals surface area contributed by atoms with E-state index in [-0.39, 0.29) is 0 Å². The number of carbonyl (C=O) groups is 1. The topological polar surface area (TPSA) is 62.7 Å². The molecule has 5 nitrogen and oxygen atoms in total. The van der Waals surface area contributed by atoms with Gasteiger partial charge in [0.05, 0.1) is 23.4 Å². The lowest BCUT2D eigenvalue weighted by atomic mass is 10.1. The molecule has 0 radical (unpaired) electrons. The molecule has 118 valence electrons. The molecule has 0 saturated carbocycles. The number of aryl methyl sites for hydroxylation is 1. The van der Waals surface area contributed by atoms with Gasteiger partial charge >= 0.3 is 5.97 Å². The Morgan fingerprint density at radius 3 is 2.86 bits per heavy atom. The molecule has 2 rings (SSSR count). The van der Waals surface area contributed by atoms with Gasteiger partial charge in [0, 0.05) is 31.6 Å². The second-order valence-electron chi connectivity index (χ2n) is 5.07. The van der Waals surface area contributed by atoms with Gasteiger partial charge in [0.15, 0.2) is 0 Å². The molecule has 2 aromatic rings. The number of methoxy groups -OCH3 is 1. The van der Waals surface area contributed by atoms with Crippen LogP contribution >= 0.6 is 11.3 Å². The highest BCUT2D eigenvalue weighted by atomic mass is 32.1. The first kappa shape index (κ1) is 16.6. The third-order valence-electron chi connectivity index (χ3n) is 3.40. The second kappa shape index (κ2) is 8.03. The summed E-state index contributed by atoms with van der Waals surface area (Å²) in [5.41, 5.74) is 4.20. The van der Waals surface area contributed by atoms with Crippen LogP contribution in [0.4, 0.5) is 0 Å². The van der Waals surface area contributed by atoms with E-state index in [0.29, 0.717) is 18.7 Å². The van der Waals surface area contributed by atoms with Crippen LogP contribution in [-0.4, -0.2) is 41.2 Å². The molecular weight excluding hydrogens is 300 g/mol. The van der Waals surface area contributed by atoms with Gasteiger partial charge in [-0.05, 0) is 24.6 Å². The summed E-state index contributed by atoms with van der Waals surface area (Å²) in [6, 6.07) is 7.07. The number of carboxylic acid groups (broad SMARTS) is 1. The standard InChI is InChI=1S/C16H20N2O3S/c1-12-15(22-11-17-12)10-18(6-7-21-2)9-13-4-3-5-14(8-13)16(19)20/h3-5,8,11H,6-7,9-10H2,1-2H3,(H,19,20). The minimum Gasteiger partial charge on any atom is -0.478 e. The Kier molecular flexibility index (Phi) is 6.06. The molecule has 0 unspecified atom stereocenters. The Morgan fingerprint density at radius 1 is 1.41 bits per heavy atom. The molecule has 0 aliphatic rings. The highest BCUT2D eigenvalue weighted by molar-refractivity contribution is 7.09. The Bertz CT molecular complexity index is 627. The maximum atomic E-state index is 11.1. The third kappa shape index (κ3) is 4.62. The monoisotopic (exact) mass is 320 g/mol. The maximum Gasteiger partial charge on any atom is 0.335 e. The van der Waals surface area contributed by atoms with Crippen molar-refractivity contribution in [3.63, 3.8) is 0 Å². The van der Waals surface area contributed by atoms with Crippen LogP contribution in [0.15, 0.2) is 29.8 Å². The molecule has 0 saturated heterocycles. The van der Waals surface area contributed by atoms with Crippen LogP contribution in [0.2, 0.25) is 0 Å². The summed E-state index contributed by atoms with van der Waals surface area (Å²) in [4.78, 5) is 18.8. The minimum atomic E-state index is -0.899. The normalized spacial score (nSPS) is 11.0. The molecule has 0 atom stereocenters. The van der Waals surface area contributed by atoms with Gasteiger partial charge in [-0.1, -0.05) is 12.1 Å². The average molecular weight is 320 g/mol. The van der Waals surface area contributed by atoms with Crippen molar-refractivity contribution >= 4 is 17.3 Å². The number of hydrogen-bond acceptors (Lipinski definition) is 5. The Balaban J connectivity index is 2.10. The van der Waals surface area contributed by atoms with Crippen molar-refractivity contribution in [1.82, 2.24) is 9.88 Å². The van der Waals surface area contributed by atoms with Crippen LogP contribution in [0.5, 0.6) is 0 Å². The van der Waals surface area contributed by atoms with Crippen molar-refractivity contribution < 1.29 is 14.6 Å². The van der Waals surface area contributed by atoms with Crippen LogP contribution in [-0.2, 0) is 17.8 Å². The van der Waals surface area contributed by atoms with Crippen LogP contribution in [0.25, 0.3) is 0 Å². The fourth-order valence-electron chi connectivity index (χ4n) is 2.18. The zero-order valence-electron chi connectivity index (χ0n) is 12.8. The number of ether oxygens (including phenoxy) is 1. The Morgan fingerprint density at radius 2 is 2.23 bits per heavy atom. The number of hydrogen-bond donors (Lipinski definition) is 1. The summed E-state index contributed by atoms with van der Waals surface area (Å²) in [6.07, 6.45) is 0. The first-order chi connectivity index (χ1) is 10.6. The van der Waals surface area contributed by atoms with Crippen molar-refractivity contribution in [1.29, 1.82) is 0 Å². The van der Waals surface area contributed by atoms with E-state index in [0.717, 1.165) is 24.3 Å². The number of carboxylic acids is 1. The van der Waals surface area contributed by atoms with Crippen LogP contribution in [0, 0.1) is 6.92 Å². The van der Waals surface area contributed by atoms with Crippen molar-refractivity contribution in [3.05, 3.63) is 51.5 Å². The first-order valence-electron chi connectivity index (χ1n) is 7.02. The van der Waals surface area contributed by atoms with Gasteiger partial charge in [-0.15, -0.1) is 11.3 Å². The lowest BCUT2D eigenvalue weighted by molar-refractivity contribution is 0.0696. The van der Waals surface area contributed by atoms with Crippen molar-refractivity contribution in [3.8, 4) is 0 Å². The van der Waals surface area contributed by atoms with E-state index in [2.05, 4.69) is 9.88 Å². The highest BCUT2D eigenvalue weighted by Gasteiger charge is 2.11. The number of thiazole rings is 1. The molecule has 0 aliphatic carbocycles. The number of aromatic nitrogens is 1. The van der Waals surface area contributed by atoms with E-state index >= 15 is 0 Å². The molecule has 0 aliphatic heterocycles. The van der Waals surface area contributed by atoms with E-state index in [1.807, 2.05) is 18.5 Å². The first-order valence-corrected chi connectivity index (χ1v) is 7.90. The number of rotatable bonds is 8. The Labute approximate surface area is 134 Å². The second-order valence-corrected chi connectivity index (χ2v) is 6.01. The predicted molar refractivity (Wildman–Crippen MR) is 86.2 cm³/mol. The molecule has 6 heteroatoms. The van der Waals surface area contributed by atoms with E-state index in [1.165, 1.54) is 4.88 Å². The zero-order valence-corrected chi connectivity index (χ0v) is 13.6. The van der Waals surface area contributed by atoms with Crippen molar-refractivity contribution in [2.45, 2.75) is 20.0 Å². The largest absolute Gasteiger partial charge is 0.478 e. The molecule has 0 amide bonds. The maximum absolute atomic E-state index is 11.1. The fourth-order valence-corrected chi connectivity index (χ4v) is 2.99. The van der Waals surface area contributed by atoms with Crippen LogP contribution in [0.3, 0.4) is 0 Å². The third-order valence-corrected chi connectivity index (χ3v) is 4.32. The molecular formula is C16H20N2O3S. The predicted octanol–water partition coefficient (Wildman–Crippen LogP) is 2.80. The molecule has 1 aromatic carbocycles. The summed E-state index contributed by atoms with van der Waals surface area (Å²) in [5, 5.41) is 9.09. The van der Waals surface area contributed by atoms with Gasteiger partial charge in [-0.25, -0.2) is 9.78 Å². The molecule has 1 heterocycles. The lowest BCUT2D eigenvalue weighted by Gasteiger charge is -2.21. The van der Waals surface area contributed by atoms with Crippen molar-refractivity contribution in [2.24, 2.45) is 0 Å². The zero-order chi connectivity index (χ0) is 15.9. The molecule has 0 bridgehead atoms. The SMILES string of the molecule is COCCN(Cc1cccc(C(=O)O)c1)Cc1scnc1C. The Hall–Kier alpha value is -1.76. The van der Waals surface area contributed by atoms with Crippen molar-refractivity contribution in [2.75, 3.05) is 20.3 Å². The quantitative estimate of drug-likeness (QED) is 0.810. The summed E-state index contributed by atoms with van der Waals surface area (Å²) in [6.45, 7) is 4.89. The van der Waals surface area contributed by atoms with E-state index in [1.54, 1.807) is 36.6 Å². The van der Waals surface area contributed by atoms with Gasteiger partial charge in [0.1, 0.15) is 0 Å². The fraction of sp³-hybridized carbons (Fsp3) is 0.375. The number of aromatic carboxylic acids is 1. The lowest BCUT2D eigenvalue weighted by Crippen LogP contribution is -2.26. The summed E-state index contributed by atoms with van der Waals surface area (Å²) in [7, 11) is 1.68. The molecule has 22 heavy (non-hydrogen) atoms.